The Kier molecular flexibility index (Phi) is 3.94. The second kappa shape index (κ2) is 5.87. The minimum absolute atomic E-state index is 0.158. The number of rotatable bonds is 3. The standard InChI is InChI=1S/C14H13F2N3OS/c15-10-2-1-9(5-11(10)16)6-18-14(20)12-7-19-8-17-4-3-13(19)21-12/h1-3,5,7,17H,4,6,8H2,(H,18,20). The van der Waals surface area contributed by atoms with Gasteiger partial charge in [0.05, 0.1) is 16.6 Å². The molecule has 0 aromatic heterocycles. The van der Waals surface area contributed by atoms with Gasteiger partial charge in [0.2, 0.25) is 0 Å². The summed E-state index contributed by atoms with van der Waals surface area (Å²) in [6.07, 6.45) is 3.80. The van der Waals surface area contributed by atoms with Crippen molar-refractivity contribution in [2.75, 3.05) is 13.2 Å². The SMILES string of the molecule is O=C(NCc1ccc(F)c(F)c1)C1=CN2CNCC=C2S1. The molecule has 0 unspecified atom stereocenters. The van der Waals surface area contributed by atoms with Crippen LogP contribution in [0.15, 0.2) is 40.4 Å². The van der Waals surface area contributed by atoms with Gasteiger partial charge in [-0.05, 0) is 23.8 Å². The molecule has 0 spiro atoms. The molecule has 0 radical (unpaired) electrons. The molecule has 0 bridgehead atoms. The first-order valence-electron chi connectivity index (χ1n) is 6.43. The molecule has 2 aliphatic heterocycles. The van der Waals surface area contributed by atoms with Crippen LogP contribution in [0.4, 0.5) is 8.78 Å². The Morgan fingerprint density at radius 1 is 1.38 bits per heavy atom. The van der Waals surface area contributed by atoms with Crippen molar-refractivity contribution in [1.29, 1.82) is 0 Å². The van der Waals surface area contributed by atoms with E-state index in [4.69, 9.17) is 0 Å². The molecule has 21 heavy (non-hydrogen) atoms. The Hall–Kier alpha value is -1.86. The number of benzene rings is 1. The van der Waals surface area contributed by atoms with Crippen LogP contribution in [0.2, 0.25) is 0 Å². The van der Waals surface area contributed by atoms with Gasteiger partial charge in [-0.2, -0.15) is 0 Å². The number of nitrogens with zero attached hydrogens (tertiary/aromatic N) is 1. The van der Waals surface area contributed by atoms with Crippen LogP contribution < -0.4 is 10.6 Å². The predicted octanol–water partition coefficient (Wildman–Crippen LogP) is 1.87. The van der Waals surface area contributed by atoms with Crippen LogP contribution >= 0.6 is 11.8 Å². The van der Waals surface area contributed by atoms with Gasteiger partial charge in [0.15, 0.2) is 11.6 Å². The molecule has 0 aliphatic carbocycles. The predicted molar refractivity (Wildman–Crippen MR) is 76.7 cm³/mol. The smallest absolute Gasteiger partial charge is 0.259 e. The summed E-state index contributed by atoms with van der Waals surface area (Å²) in [5.74, 6) is -2.03. The third kappa shape index (κ3) is 3.08. The van der Waals surface area contributed by atoms with Crippen molar-refractivity contribution in [1.82, 2.24) is 15.5 Å². The molecule has 2 heterocycles. The van der Waals surface area contributed by atoms with Crippen molar-refractivity contribution in [3.63, 3.8) is 0 Å². The van der Waals surface area contributed by atoms with Crippen molar-refractivity contribution in [3.8, 4) is 0 Å². The van der Waals surface area contributed by atoms with Crippen molar-refractivity contribution in [3.05, 3.63) is 57.6 Å². The van der Waals surface area contributed by atoms with Crippen molar-refractivity contribution in [2.24, 2.45) is 0 Å². The number of thioether (sulfide) groups is 1. The van der Waals surface area contributed by atoms with Crippen LogP contribution in [0.5, 0.6) is 0 Å². The summed E-state index contributed by atoms with van der Waals surface area (Å²) in [4.78, 5) is 14.6. The van der Waals surface area contributed by atoms with Crippen molar-refractivity contribution >= 4 is 17.7 Å². The van der Waals surface area contributed by atoms with Crippen LogP contribution in [0, 0.1) is 11.6 Å². The van der Waals surface area contributed by atoms with E-state index < -0.39 is 11.6 Å². The Morgan fingerprint density at radius 2 is 2.24 bits per heavy atom. The zero-order valence-electron chi connectivity index (χ0n) is 11.0. The molecule has 0 saturated carbocycles. The first-order valence-corrected chi connectivity index (χ1v) is 7.24. The molecule has 1 amide bonds. The summed E-state index contributed by atoms with van der Waals surface area (Å²) >= 11 is 1.41. The Bertz CT molecular complexity index is 645. The van der Waals surface area contributed by atoms with Gasteiger partial charge in [-0.15, -0.1) is 0 Å². The van der Waals surface area contributed by atoms with Crippen LogP contribution in [0.1, 0.15) is 5.56 Å². The van der Waals surface area contributed by atoms with Gasteiger partial charge in [-0.3, -0.25) is 10.1 Å². The van der Waals surface area contributed by atoms with E-state index in [1.165, 1.54) is 17.8 Å². The zero-order valence-corrected chi connectivity index (χ0v) is 11.8. The molecule has 0 atom stereocenters. The monoisotopic (exact) mass is 309 g/mol. The molecule has 1 aromatic carbocycles. The number of fused-ring (bicyclic) bond motifs is 1. The fourth-order valence-electron chi connectivity index (χ4n) is 2.05. The Morgan fingerprint density at radius 3 is 3.00 bits per heavy atom. The van der Waals surface area contributed by atoms with E-state index >= 15 is 0 Å². The van der Waals surface area contributed by atoms with Gasteiger partial charge in [0.25, 0.3) is 5.91 Å². The number of halogens is 2. The second-order valence-electron chi connectivity index (χ2n) is 4.65. The van der Waals surface area contributed by atoms with Gasteiger partial charge in [-0.25, -0.2) is 8.78 Å². The maximum Gasteiger partial charge on any atom is 0.259 e. The summed E-state index contributed by atoms with van der Waals surface area (Å²) in [7, 11) is 0. The Balaban J connectivity index is 1.61. The van der Waals surface area contributed by atoms with Gasteiger partial charge in [-0.1, -0.05) is 17.8 Å². The molecule has 2 N–H and O–H groups in total. The fraction of sp³-hybridized carbons (Fsp3) is 0.214. The minimum atomic E-state index is -0.912. The van der Waals surface area contributed by atoms with E-state index in [1.807, 2.05) is 11.0 Å². The third-order valence-corrected chi connectivity index (χ3v) is 4.26. The summed E-state index contributed by atoms with van der Waals surface area (Å²) in [5.41, 5.74) is 0.518. The second-order valence-corrected chi connectivity index (χ2v) is 5.71. The number of hydrogen-bond acceptors (Lipinski definition) is 4. The van der Waals surface area contributed by atoms with Crippen LogP contribution in [-0.2, 0) is 11.3 Å². The fourth-order valence-corrected chi connectivity index (χ4v) is 3.03. The summed E-state index contributed by atoms with van der Waals surface area (Å²) in [6.45, 7) is 1.63. The normalized spacial score (nSPS) is 17.1. The quantitative estimate of drug-likeness (QED) is 0.895. The average Bonchev–Trinajstić information content (AvgIpc) is 2.92. The van der Waals surface area contributed by atoms with Gasteiger partial charge in [0.1, 0.15) is 0 Å². The number of nitrogens with one attached hydrogen (secondary N) is 2. The lowest BCUT2D eigenvalue weighted by Gasteiger charge is -2.21. The maximum atomic E-state index is 13.1. The first-order chi connectivity index (χ1) is 10.1. The van der Waals surface area contributed by atoms with E-state index in [1.54, 1.807) is 6.20 Å². The zero-order chi connectivity index (χ0) is 14.8. The van der Waals surface area contributed by atoms with E-state index in [-0.39, 0.29) is 12.5 Å². The highest BCUT2D eigenvalue weighted by Crippen LogP contribution is 2.36. The Labute approximate surface area is 124 Å². The molecule has 0 fully saturated rings. The highest BCUT2D eigenvalue weighted by molar-refractivity contribution is 8.07. The number of carbonyl (C=O) groups excluding carboxylic acids is 1. The third-order valence-electron chi connectivity index (χ3n) is 3.13. The highest BCUT2D eigenvalue weighted by atomic mass is 32.2. The first kappa shape index (κ1) is 14.1. The maximum absolute atomic E-state index is 13.1. The lowest BCUT2D eigenvalue weighted by molar-refractivity contribution is -0.117. The summed E-state index contributed by atoms with van der Waals surface area (Å²) < 4.78 is 25.9. The van der Waals surface area contributed by atoms with Gasteiger partial charge < -0.3 is 10.2 Å². The molecule has 4 nitrogen and oxygen atoms in total. The number of carbonyl (C=O) groups is 1. The van der Waals surface area contributed by atoms with E-state index in [9.17, 15) is 13.6 Å². The molecule has 7 heteroatoms. The molecule has 0 saturated heterocycles. The molecule has 2 aliphatic rings. The molecular weight excluding hydrogens is 296 g/mol. The molecule has 3 rings (SSSR count). The van der Waals surface area contributed by atoms with E-state index in [2.05, 4.69) is 10.6 Å². The lowest BCUT2D eigenvalue weighted by atomic mass is 10.2. The van der Waals surface area contributed by atoms with E-state index in [0.717, 1.165) is 23.7 Å². The number of hydrogen-bond donors (Lipinski definition) is 2. The largest absolute Gasteiger partial charge is 0.347 e. The minimum Gasteiger partial charge on any atom is -0.347 e. The van der Waals surface area contributed by atoms with Crippen molar-refractivity contribution in [2.45, 2.75) is 6.54 Å². The number of amides is 1. The van der Waals surface area contributed by atoms with Crippen LogP contribution in [0.3, 0.4) is 0 Å². The van der Waals surface area contributed by atoms with Crippen LogP contribution in [0.25, 0.3) is 0 Å². The van der Waals surface area contributed by atoms with E-state index in [0.29, 0.717) is 17.1 Å². The summed E-state index contributed by atoms with van der Waals surface area (Å²) in [6, 6.07) is 3.59. The highest BCUT2D eigenvalue weighted by Gasteiger charge is 2.25. The molecule has 1 aromatic rings. The summed E-state index contributed by atoms with van der Waals surface area (Å²) in [5, 5.41) is 6.91. The van der Waals surface area contributed by atoms with Gasteiger partial charge in [0, 0.05) is 19.3 Å². The van der Waals surface area contributed by atoms with Crippen molar-refractivity contribution < 1.29 is 13.6 Å². The molecular formula is C14H13F2N3OS. The lowest BCUT2D eigenvalue weighted by Crippen LogP contribution is -2.32. The van der Waals surface area contributed by atoms with Gasteiger partial charge >= 0.3 is 0 Å². The average molecular weight is 309 g/mol. The topological polar surface area (TPSA) is 44.4 Å². The van der Waals surface area contributed by atoms with Crippen LogP contribution in [-0.4, -0.2) is 24.0 Å². The molecule has 110 valence electrons.